The molecule has 0 atom stereocenters. The number of amides is 1. The number of rotatable bonds is 4. The molecule has 0 saturated heterocycles. The van der Waals surface area contributed by atoms with Crippen molar-refractivity contribution in [1.29, 1.82) is 0 Å². The Morgan fingerprint density at radius 1 is 1.13 bits per heavy atom. The number of imidazole rings is 1. The summed E-state index contributed by atoms with van der Waals surface area (Å²) in [4.78, 5) is 47.3. The van der Waals surface area contributed by atoms with Gasteiger partial charge in [-0.3, -0.25) is 23.6 Å². The summed E-state index contributed by atoms with van der Waals surface area (Å²) in [5.41, 5.74) is 0.765. The topological polar surface area (TPSA) is 95.0 Å². The zero-order valence-electron chi connectivity index (χ0n) is 16.4. The first kappa shape index (κ1) is 20.0. The minimum Gasteiger partial charge on any atom is -0.303 e. The number of aromatic nitrogens is 5. The van der Waals surface area contributed by atoms with Gasteiger partial charge in [0.2, 0.25) is 11.2 Å². The standard InChI is InChI=1S/C19H17ClN6O3S/c1-11(27)26(13-7-5-4-6-8-13)18-21-12(10-30-18)9-25-14-15(22-17(25)20)23(2)19(29)24(3)16(14)28/h4-8,10H,9H2,1-3H3. The van der Waals surface area contributed by atoms with Gasteiger partial charge < -0.3 is 4.57 Å². The van der Waals surface area contributed by atoms with Crippen LogP contribution in [-0.4, -0.2) is 29.6 Å². The summed E-state index contributed by atoms with van der Waals surface area (Å²) in [7, 11) is 2.93. The van der Waals surface area contributed by atoms with Gasteiger partial charge in [0, 0.05) is 26.4 Å². The number of anilines is 2. The molecule has 0 fully saturated rings. The fourth-order valence-electron chi connectivity index (χ4n) is 3.20. The molecule has 4 aromatic rings. The molecule has 1 aromatic carbocycles. The van der Waals surface area contributed by atoms with Crippen molar-refractivity contribution in [2.75, 3.05) is 4.90 Å². The maximum Gasteiger partial charge on any atom is 0.332 e. The van der Waals surface area contributed by atoms with E-state index < -0.39 is 11.2 Å². The normalized spacial score (nSPS) is 11.2. The number of thiazole rings is 1. The highest BCUT2D eigenvalue weighted by molar-refractivity contribution is 7.14. The minimum atomic E-state index is -0.488. The largest absolute Gasteiger partial charge is 0.332 e. The summed E-state index contributed by atoms with van der Waals surface area (Å²) in [6.07, 6.45) is 0. The number of aryl methyl sites for hydroxylation is 1. The summed E-state index contributed by atoms with van der Waals surface area (Å²) in [5, 5.41) is 2.37. The molecule has 0 unspecified atom stereocenters. The molecule has 1 amide bonds. The van der Waals surface area contributed by atoms with Gasteiger partial charge in [-0.15, -0.1) is 11.3 Å². The Kier molecular flexibility index (Phi) is 5.04. The lowest BCUT2D eigenvalue weighted by atomic mass is 10.3. The van der Waals surface area contributed by atoms with E-state index in [9.17, 15) is 14.4 Å². The van der Waals surface area contributed by atoms with E-state index >= 15 is 0 Å². The molecule has 0 aliphatic rings. The molecule has 0 radical (unpaired) electrons. The molecule has 0 aliphatic heterocycles. The third-order valence-corrected chi connectivity index (χ3v) is 5.84. The van der Waals surface area contributed by atoms with Crippen molar-refractivity contribution in [3.8, 4) is 0 Å². The Bertz CT molecular complexity index is 1390. The molecule has 4 rings (SSSR count). The number of carbonyl (C=O) groups excluding carboxylic acids is 1. The zero-order chi connectivity index (χ0) is 21.6. The van der Waals surface area contributed by atoms with E-state index in [1.54, 1.807) is 5.38 Å². The van der Waals surface area contributed by atoms with Crippen LogP contribution in [0.2, 0.25) is 5.28 Å². The molecule has 0 aliphatic carbocycles. The van der Waals surface area contributed by atoms with Crippen molar-refractivity contribution in [3.05, 3.63) is 67.5 Å². The molecule has 0 spiro atoms. The first-order valence-corrected chi connectivity index (χ1v) is 10.2. The van der Waals surface area contributed by atoms with Crippen LogP contribution in [0.4, 0.5) is 10.8 Å². The smallest absolute Gasteiger partial charge is 0.303 e. The molecule has 3 heterocycles. The van der Waals surface area contributed by atoms with Gasteiger partial charge in [-0.05, 0) is 23.7 Å². The number of nitrogens with zero attached hydrogens (tertiary/aromatic N) is 6. The Balaban J connectivity index is 1.77. The molecule has 0 bridgehead atoms. The van der Waals surface area contributed by atoms with Crippen LogP contribution in [0.5, 0.6) is 0 Å². The summed E-state index contributed by atoms with van der Waals surface area (Å²) < 4.78 is 3.80. The van der Waals surface area contributed by atoms with Crippen molar-refractivity contribution in [1.82, 2.24) is 23.7 Å². The van der Waals surface area contributed by atoms with Crippen molar-refractivity contribution in [2.45, 2.75) is 13.5 Å². The number of hydrogen-bond donors (Lipinski definition) is 0. The predicted molar refractivity (Wildman–Crippen MR) is 116 cm³/mol. The van der Waals surface area contributed by atoms with Gasteiger partial charge in [-0.1, -0.05) is 18.2 Å². The highest BCUT2D eigenvalue weighted by Crippen LogP contribution is 2.29. The van der Waals surface area contributed by atoms with E-state index in [1.165, 1.54) is 46.4 Å². The molecule has 0 N–H and O–H groups in total. The Labute approximate surface area is 179 Å². The third kappa shape index (κ3) is 3.23. The predicted octanol–water partition coefficient (Wildman–Crippen LogP) is 2.28. The number of hydrogen-bond acceptors (Lipinski definition) is 6. The number of benzene rings is 1. The summed E-state index contributed by atoms with van der Waals surface area (Å²) in [5.74, 6) is -0.169. The molecular formula is C19H17ClN6O3S. The average molecular weight is 445 g/mol. The molecule has 11 heteroatoms. The molecule has 3 aromatic heterocycles. The summed E-state index contributed by atoms with van der Waals surface area (Å²) in [6, 6.07) is 9.21. The Hall–Kier alpha value is -3.24. The zero-order valence-corrected chi connectivity index (χ0v) is 17.9. The van der Waals surface area contributed by atoms with E-state index in [0.29, 0.717) is 16.5 Å². The van der Waals surface area contributed by atoms with Gasteiger partial charge in [0.1, 0.15) is 0 Å². The maximum absolute atomic E-state index is 12.7. The third-order valence-electron chi connectivity index (χ3n) is 4.68. The molecular weight excluding hydrogens is 428 g/mol. The van der Waals surface area contributed by atoms with Gasteiger partial charge in [-0.25, -0.2) is 9.78 Å². The van der Waals surface area contributed by atoms with Crippen LogP contribution in [-0.2, 0) is 25.4 Å². The molecule has 0 saturated carbocycles. The highest BCUT2D eigenvalue weighted by atomic mass is 35.5. The Morgan fingerprint density at radius 2 is 1.83 bits per heavy atom. The molecule has 30 heavy (non-hydrogen) atoms. The van der Waals surface area contributed by atoms with Gasteiger partial charge in [0.25, 0.3) is 5.56 Å². The minimum absolute atomic E-state index is 0.0735. The maximum atomic E-state index is 12.7. The second-order valence-corrected chi connectivity index (χ2v) is 7.83. The lowest BCUT2D eigenvalue weighted by Crippen LogP contribution is -2.37. The van der Waals surface area contributed by atoms with E-state index in [0.717, 1.165) is 4.57 Å². The lowest BCUT2D eigenvalue weighted by Gasteiger charge is -2.17. The number of halogens is 1. The fourth-order valence-corrected chi connectivity index (χ4v) is 4.30. The van der Waals surface area contributed by atoms with E-state index in [2.05, 4.69) is 9.97 Å². The monoisotopic (exact) mass is 444 g/mol. The van der Waals surface area contributed by atoms with Gasteiger partial charge in [0.05, 0.1) is 17.9 Å². The van der Waals surface area contributed by atoms with Crippen LogP contribution in [0.15, 0.2) is 45.3 Å². The number of para-hydroxylation sites is 1. The van der Waals surface area contributed by atoms with Crippen molar-refractivity contribution < 1.29 is 4.79 Å². The lowest BCUT2D eigenvalue weighted by molar-refractivity contribution is -0.115. The van der Waals surface area contributed by atoms with Crippen LogP contribution in [0, 0.1) is 0 Å². The first-order valence-electron chi connectivity index (χ1n) is 8.91. The van der Waals surface area contributed by atoms with E-state index in [4.69, 9.17) is 11.6 Å². The quantitative estimate of drug-likeness (QED) is 0.450. The van der Waals surface area contributed by atoms with Gasteiger partial charge >= 0.3 is 5.69 Å². The molecule has 9 nitrogen and oxygen atoms in total. The van der Waals surface area contributed by atoms with Crippen LogP contribution < -0.4 is 16.1 Å². The first-order chi connectivity index (χ1) is 14.3. The second kappa shape index (κ2) is 7.54. The van der Waals surface area contributed by atoms with Crippen LogP contribution >= 0.6 is 22.9 Å². The highest BCUT2D eigenvalue weighted by Gasteiger charge is 2.21. The Morgan fingerprint density at radius 3 is 2.50 bits per heavy atom. The van der Waals surface area contributed by atoms with Crippen LogP contribution in [0.3, 0.4) is 0 Å². The van der Waals surface area contributed by atoms with E-state index in [-0.39, 0.29) is 28.9 Å². The van der Waals surface area contributed by atoms with Crippen molar-refractivity contribution in [2.24, 2.45) is 14.1 Å². The van der Waals surface area contributed by atoms with Crippen LogP contribution in [0.25, 0.3) is 11.2 Å². The number of carbonyl (C=O) groups is 1. The second-order valence-electron chi connectivity index (χ2n) is 6.66. The number of fused-ring (bicyclic) bond motifs is 1. The molecule has 154 valence electrons. The van der Waals surface area contributed by atoms with Gasteiger partial charge in [0.15, 0.2) is 16.3 Å². The fraction of sp³-hybridized carbons (Fsp3) is 0.211. The summed E-state index contributed by atoms with van der Waals surface area (Å²) >= 11 is 7.59. The SMILES string of the molecule is CC(=O)N(c1ccccc1)c1nc(Cn2c(Cl)nc3c2c(=O)n(C)c(=O)n3C)cs1. The van der Waals surface area contributed by atoms with Crippen LogP contribution in [0.1, 0.15) is 12.6 Å². The summed E-state index contributed by atoms with van der Waals surface area (Å²) in [6.45, 7) is 1.64. The van der Waals surface area contributed by atoms with Gasteiger partial charge in [-0.2, -0.15) is 4.98 Å². The van der Waals surface area contributed by atoms with Crippen molar-refractivity contribution >= 4 is 50.8 Å². The average Bonchev–Trinajstić information content (AvgIpc) is 3.31. The van der Waals surface area contributed by atoms with Crippen molar-refractivity contribution in [3.63, 3.8) is 0 Å². The van der Waals surface area contributed by atoms with E-state index in [1.807, 2.05) is 30.3 Å².